The minimum absolute atomic E-state index is 0.105. The van der Waals surface area contributed by atoms with Crippen molar-refractivity contribution in [2.45, 2.75) is 82.9 Å². The fourth-order valence-corrected chi connectivity index (χ4v) is 7.83. The third-order valence-electron chi connectivity index (χ3n) is 10.4. The number of fused-ring (bicyclic) bond motifs is 4. The number of carbonyl (C=O) groups is 5. The number of allylic oxidation sites excluding steroid dienone is 1. The van der Waals surface area contributed by atoms with Gasteiger partial charge < -0.3 is 25.0 Å². The van der Waals surface area contributed by atoms with Crippen LogP contribution in [0.15, 0.2) is 48.6 Å². The van der Waals surface area contributed by atoms with Crippen molar-refractivity contribution >= 4 is 29.7 Å². The second kappa shape index (κ2) is 13.4. The van der Waals surface area contributed by atoms with Gasteiger partial charge in [0.1, 0.15) is 22.9 Å². The number of nitrogens with zero attached hydrogens (tertiary/aromatic N) is 4. The molecule has 3 aliphatic heterocycles. The number of esters is 1. The number of ether oxygens (including phenoxy) is 1. The minimum Gasteiger partial charge on any atom is -0.479 e. The molecule has 3 fully saturated rings. The van der Waals surface area contributed by atoms with E-state index >= 15 is 0 Å². The van der Waals surface area contributed by atoms with Gasteiger partial charge in [0.25, 0.3) is 5.91 Å². The third kappa shape index (κ3) is 7.14. The molecule has 1 aromatic heterocycles. The summed E-state index contributed by atoms with van der Waals surface area (Å²) in [6, 6.07) is 10.4. The molecule has 0 spiro atoms. The van der Waals surface area contributed by atoms with Gasteiger partial charge in [0.05, 0.1) is 12.1 Å². The summed E-state index contributed by atoms with van der Waals surface area (Å²) in [4.78, 5) is 71.3. The molecular weight excluding hydrogens is 626 g/mol. The van der Waals surface area contributed by atoms with Crippen LogP contribution in [-0.2, 0) is 31.0 Å². The summed E-state index contributed by atoms with van der Waals surface area (Å²) >= 11 is 0. The van der Waals surface area contributed by atoms with Crippen LogP contribution in [0.25, 0.3) is 11.3 Å². The molecule has 4 heterocycles. The molecule has 1 aliphatic carbocycles. The maximum Gasteiger partial charge on any atom is 0.330 e. The number of carboxylic acid groups (broad SMARTS) is 1. The molecule has 1 aromatic carbocycles. The van der Waals surface area contributed by atoms with E-state index in [0.717, 1.165) is 31.2 Å². The molecule has 1 saturated carbocycles. The van der Waals surface area contributed by atoms with Crippen LogP contribution < -0.4 is 5.32 Å². The van der Waals surface area contributed by atoms with Gasteiger partial charge in [0.2, 0.25) is 11.8 Å². The summed E-state index contributed by atoms with van der Waals surface area (Å²) in [5.41, 5.74) is -0.178. The van der Waals surface area contributed by atoms with E-state index in [1.807, 2.05) is 42.5 Å². The van der Waals surface area contributed by atoms with Crippen molar-refractivity contribution in [2.24, 2.45) is 30.7 Å². The topological polar surface area (TPSA) is 151 Å². The van der Waals surface area contributed by atoms with Crippen molar-refractivity contribution in [3.63, 3.8) is 0 Å². The van der Waals surface area contributed by atoms with Crippen molar-refractivity contribution in [3.05, 3.63) is 54.2 Å². The van der Waals surface area contributed by atoms with Crippen LogP contribution in [0.5, 0.6) is 0 Å². The van der Waals surface area contributed by atoms with Crippen LogP contribution >= 0.6 is 0 Å². The van der Waals surface area contributed by atoms with E-state index in [-0.39, 0.29) is 49.6 Å². The van der Waals surface area contributed by atoms with Crippen molar-refractivity contribution in [1.82, 2.24) is 24.9 Å². The largest absolute Gasteiger partial charge is 0.479 e. The van der Waals surface area contributed by atoms with Crippen molar-refractivity contribution in [1.29, 1.82) is 0 Å². The maximum absolute atomic E-state index is 14.4. The summed E-state index contributed by atoms with van der Waals surface area (Å²) in [5, 5.41) is 17.6. The molecule has 0 radical (unpaired) electrons. The van der Waals surface area contributed by atoms with E-state index in [9.17, 15) is 29.1 Å². The number of aromatic nitrogens is 2. The summed E-state index contributed by atoms with van der Waals surface area (Å²) in [6.45, 7) is 6.11. The molecule has 0 unspecified atom stereocenters. The Morgan fingerprint density at radius 3 is 2.53 bits per heavy atom. The molecule has 4 aliphatic rings. The van der Waals surface area contributed by atoms with E-state index in [0.29, 0.717) is 24.4 Å². The lowest BCUT2D eigenvalue weighted by Gasteiger charge is -2.32. The highest BCUT2D eigenvalue weighted by Gasteiger charge is 2.62. The summed E-state index contributed by atoms with van der Waals surface area (Å²) in [7, 11) is 1.72. The SMILES string of the molecule is Cn1nc(-c2ccccc2)cc1C(=O)N1C[C@H]2CN3C(=O)[C@H](CC(=O)OC(C)(C)C)CCCCC/C=C\[C@@H]4C[C@@]4(C(=O)O)NC(=O)[C@@H]3[C@H]2C1. The average molecular weight is 674 g/mol. The van der Waals surface area contributed by atoms with E-state index < -0.39 is 46.9 Å². The number of benzene rings is 1. The number of hydrogen-bond acceptors (Lipinski definition) is 7. The first-order chi connectivity index (χ1) is 23.3. The highest BCUT2D eigenvalue weighted by Crippen LogP contribution is 2.46. The highest BCUT2D eigenvalue weighted by atomic mass is 16.6. The number of likely N-dealkylation sites (tertiary alicyclic amines) is 1. The van der Waals surface area contributed by atoms with Crippen molar-refractivity contribution < 1.29 is 33.8 Å². The zero-order valence-corrected chi connectivity index (χ0v) is 28.8. The molecule has 12 nitrogen and oxygen atoms in total. The molecule has 49 heavy (non-hydrogen) atoms. The van der Waals surface area contributed by atoms with Gasteiger partial charge in [-0.3, -0.25) is 23.9 Å². The van der Waals surface area contributed by atoms with Gasteiger partial charge in [0.15, 0.2) is 0 Å². The summed E-state index contributed by atoms with van der Waals surface area (Å²) in [6.07, 6.45) is 7.70. The Hall–Kier alpha value is -4.48. The fraction of sp³-hybridized carbons (Fsp3) is 0.568. The van der Waals surface area contributed by atoms with Gasteiger partial charge in [-0.2, -0.15) is 5.10 Å². The van der Waals surface area contributed by atoms with E-state index in [1.165, 1.54) is 0 Å². The smallest absolute Gasteiger partial charge is 0.330 e. The quantitative estimate of drug-likeness (QED) is 0.359. The Balaban J connectivity index is 1.28. The van der Waals surface area contributed by atoms with Gasteiger partial charge in [-0.15, -0.1) is 0 Å². The standard InChI is InChI=1S/C37H47N5O7/c1-36(2,3)49-30(43)17-24-15-9-6-5-7-12-16-26-19-37(26,35(47)48)38-32(44)31-27-22-41(20-25(27)21-42(31)33(24)45)34(46)29-18-28(39-40(29)4)23-13-10-8-11-14-23/h8,10-14,16,18,24-27,31H,5-7,9,15,17,19-22H2,1-4H3,(H,38,44)(H,47,48)/b16-12-/t24-,25-,26+,27-,31-,37+/m0/s1. The lowest BCUT2D eigenvalue weighted by atomic mass is 9.92. The molecule has 2 saturated heterocycles. The predicted octanol–water partition coefficient (Wildman–Crippen LogP) is 3.81. The first-order valence-corrected chi connectivity index (χ1v) is 17.4. The van der Waals surface area contributed by atoms with Gasteiger partial charge in [-0.25, -0.2) is 4.79 Å². The first-order valence-electron chi connectivity index (χ1n) is 17.4. The second-order valence-electron chi connectivity index (χ2n) is 15.1. The summed E-state index contributed by atoms with van der Waals surface area (Å²) < 4.78 is 7.15. The van der Waals surface area contributed by atoms with Gasteiger partial charge >= 0.3 is 11.9 Å². The molecular formula is C37H47N5O7. The zero-order valence-electron chi connectivity index (χ0n) is 28.8. The van der Waals surface area contributed by atoms with Crippen molar-refractivity contribution in [3.8, 4) is 11.3 Å². The maximum atomic E-state index is 14.4. The number of amides is 3. The molecule has 2 N–H and O–H groups in total. The average Bonchev–Trinajstić information content (AvgIpc) is 3.30. The number of nitrogens with one attached hydrogen (secondary N) is 1. The minimum atomic E-state index is -1.44. The van der Waals surface area contributed by atoms with Crippen molar-refractivity contribution in [2.75, 3.05) is 19.6 Å². The van der Waals surface area contributed by atoms with Crippen LogP contribution in [0.1, 0.15) is 76.2 Å². The molecule has 262 valence electrons. The Labute approximate surface area is 286 Å². The van der Waals surface area contributed by atoms with Gasteiger partial charge in [-0.1, -0.05) is 55.3 Å². The Morgan fingerprint density at radius 1 is 1.06 bits per heavy atom. The van der Waals surface area contributed by atoms with Gasteiger partial charge in [0, 0.05) is 55.9 Å². The molecule has 2 aromatic rings. The normalized spacial score (nSPS) is 29.5. The lowest BCUT2D eigenvalue weighted by Crippen LogP contribution is -2.56. The van der Waals surface area contributed by atoms with Crippen LogP contribution in [-0.4, -0.2) is 91.2 Å². The predicted molar refractivity (Wildman–Crippen MR) is 180 cm³/mol. The molecule has 6 rings (SSSR count). The molecule has 6 atom stereocenters. The van der Waals surface area contributed by atoms with E-state index in [4.69, 9.17) is 4.74 Å². The molecule has 3 amide bonds. The van der Waals surface area contributed by atoms with Crippen LogP contribution in [0.3, 0.4) is 0 Å². The second-order valence-corrected chi connectivity index (χ2v) is 15.1. The number of rotatable bonds is 5. The fourth-order valence-electron chi connectivity index (χ4n) is 7.83. The van der Waals surface area contributed by atoms with E-state index in [2.05, 4.69) is 10.4 Å². The molecule has 12 heteroatoms. The monoisotopic (exact) mass is 673 g/mol. The van der Waals surface area contributed by atoms with E-state index in [1.54, 1.807) is 48.4 Å². The number of hydrogen-bond donors (Lipinski definition) is 2. The first kappa shape index (κ1) is 34.4. The number of aryl methyl sites for hydroxylation is 1. The highest BCUT2D eigenvalue weighted by molar-refractivity contribution is 5.97. The van der Waals surface area contributed by atoms with Crippen LogP contribution in [0.2, 0.25) is 0 Å². The Bertz CT molecular complexity index is 1650. The number of carbonyl (C=O) groups excluding carboxylic acids is 4. The zero-order chi connectivity index (χ0) is 35.1. The molecule has 0 bridgehead atoms. The third-order valence-corrected chi connectivity index (χ3v) is 10.4. The Morgan fingerprint density at radius 2 is 1.82 bits per heavy atom. The summed E-state index contributed by atoms with van der Waals surface area (Å²) in [5.74, 6) is -4.29. The van der Waals surface area contributed by atoms with Crippen LogP contribution in [0, 0.1) is 23.7 Å². The lowest BCUT2D eigenvalue weighted by molar-refractivity contribution is -0.159. The Kier molecular flexibility index (Phi) is 9.43. The number of aliphatic carboxylic acids is 1. The van der Waals surface area contributed by atoms with Gasteiger partial charge in [-0.05, 0) is 52.5 Å². The van der Waals surface area contributed by atoms with Crippen LogP contribution in [0.4, 0.5) is 0 Å². The number of carboxylic acids is 1.